The molecule has 0 amide bonds. The van der Waals surface area contributed by atoms with Crippen LogP contribution in [-0.4, -0.2) is 29.5 Å². The molecule has 0 nitrogen and oxygen atoms in total. The van der Waals surface area contributed by atoms with Crippen LogP contribution >= 0.6 is 44.3 Å². The van der Waals surface area contributed by atoms with Crippen LogP contribution in [0, 0.1) is 0 Å². The number of hydrogen-bond acceptors (Lipinski definition) is 0. The molecule has 0 aliphatic rings. The molecule has 0 aliphatic carbocycles. The molecule has 0 heterocycles. The fourth-order valence-corrected chi connectivity index (χ4v) is 66.3. The summed E-state index contributed by atoms with van der Waals surface area (Å²) in [5.41, 5.74) is 0. The average molecular weight is 386 g/mol. The van der Waals surface area contributed by atoms with E-state index in [1.165, 1.54) is 0 Å². The van der Waals surface area contributed by atoms with Gasteiger partial charge in [-0.1, -0.05) is 52.4 Å². The predicted octanol–water partition coefficient (Wildman–Crippen LogP) is 6.12. The second-order valence-electron chi connectivity index (χ2n) is 6.64. The molecule has 104 valence electrons. The highest BCUT2D eigenvalue weighted by molar-refractivity contribution is 7.58. The lowest BCUT2D eigenvalue weighted by Crippen LogP contribution is -2.72. The molecule has 17 heavy (non-hydrogen) atoms. The molecule has 0 unspecified atom stereocenters. The highest BCUT2D eigenvalue weighted by Crippen LogP contribution is 2.63. The third kappa shape index (κ3) is 3.20. The molecular weight excluding hydrogens is 362 g/mol. The lowest BCUT2D eigenvalue weighted by Gasteiger charge is -2.59. The van der Waals surface area contributed by atoms with E-state index in [1.807, 2.05) is 0 Å². The first kappa shape index (κ1) is 19.0. The van der Waals surface area contributed by atoms with Crippen LogP contribution in [0.5, 0.6) is 0 Å². The highest BCUT2D eigenvalue weighted by atomic mass is 35.6. The Morgan fingerprint density at radius 2 is 0.588 bits per heavy atom. The summed E-state index contributed by atoms with van der Waals surface area (Å²) in [5, 5.41) is 0. The molecule has 0 bridgehead atoms. The molecule has 8 heteroatoms. The van der Waals surface area contributed by atoms with Crippen molar-refractivity contribution in [2.45, 2.75) is 56.3 Å². The van der Waals surface area contributed by atoms with Crippen molar-refractivity contribution in [3.63, 3.8) is 0 Å². The zero-order valence-corrected chi connectivity index (χ0v) is 19.0. The molecule has 0 spiro atoms. The minimum atomic E-state index is -2.08. The molecule has 0 aromatic carbocycles. The molecule has 0 atom stereocenters. The van der Waals surface area contributed by atoms with Crippen molar-refractivity contribution >= 4 is 73.9 Å². The van der Waals surface area contributed by atoms with Crippen LogP contribution < -0.4 is 0 Å². The number of hydrogen-bond donors (Lipinski definition) is 0. The topological polar surface area (TPSA) is 0 Å². The lowest BCUT2D eigenvalue weighted by molar-refractivity contribution is 1.29. The van der Waals surface area contributed by atoms with E-state index in [4.69, 9.17) is 44.3 Å². The summed E-state index contributed by atoms with van der Waals surface area (Å²) < 4.78 is -0.133. The van der Waals surface area contributed by atoms with E-state index < -0.39 is 29.5 Å². The summed E-state index contributed by atoms with van der Waals surface area (Å²) in [6.45, 7) is 17.3. The Hall–Kier alpha value is 2.03. The molecule has 0 aliphatic heterocycles. The fraction of sp³-hybridized carbons (Fsp3) is 1.00. The van der Waals surface area contributed by atoms with Gasteiger partial charge in [0.15, 0.2) is 29.5 Å². The van der Waals surface area contributed by atoms with Crippen molar-refractivity contribution < 1.29 is 0 Å². The van der Waals surface area contributed by atoms with Crippen LogP contribution in [0.1, 0.15) is 0 Å². The monoisotopic (exact) mass is 384 g/mol. The smallest absolute Gasteiger partial charge is 0.152 e. The maximum absolute atomic E-state index is 6.90. The van der Waals surface area contributed by atoms with Gasteiger partial charge in [-0.25, -0.2) is 0 Å². The van der Waals surface area contributed by atoms with Gasteiger partial charge in [0.05, 0.1) is 0 Å². The third-order valence-corrected chi connectivity index (χ3v) is 42.3. The van der Waals surface area contributed by atoms with Crippen LogP contribution in [0.25, 0.3) is 0 Å². The molecule has 0 rings (SSSR count). The van der Waals surface area contributed by atoms with Crippen molar-refractivity contribution in [1.29, 1.82) is 0 Å². The van der Waals surface area contributed by atoms with Gasteiger partial charge in [0.25, 0.3) is 0 Å². The molecular formula is C9H24Cl4Si4. The van der Waals surface area contributed by atoms with E-state index in [1.54, 1.807) is 0 Å². The Morgan fingerprint density at radius 1 is 0.471 bits per heavy atom. The zero-order valence-electron chi connectivity index (χ0n) is 12.0. The second-order valence-corrected chi connectivity index (χ2v) is 35.8. The Balaban J connectivity index is 6.37. The summed E-state index contributed by atoms with van der Waals surface area (Å²) >= 11 is 27.6. The van der Waals surface area contributed by atoms with Crippen LogP contribution in [0.3, 0.4) is 0 Å². The van der Waals surface area contributed by atoms with Crippen LogP contribution in [0.15, 0.2) is 0 Å². The van der Waals surface area contributed by atoms with Gasteiger partial charge in [-0.15, -0.1) is 0 Å². The van der Waals surface area contributed by atoms with Crippen molar-refractivity contribution in [3.8, 4) is 0 Å². The van der Waals surface area contributed by atoms with E-state index >= 15 is 0 Å². The maximum Gasteiger partial charge on any atom is 0.152 e. The number of rotatable bonds is 4. The second kappa shape index (κ2) is 5.10. The van der Waals surface area contributed by atoms with E-state index in [0.717, 1.165) is 0 Å². The normalized spacial score (nSPS) is 16.2. The summed E-state index contributed by atoms with van der Waals surface area (Å²) in [4.78, 5) is 0. The van der Waals surface area contributed by atoms with E-state index in [-0.39, 0.29) is 3.91 Å². The summed E-state index contributed by atoms with van der Waals surface area (Å²) in [6.07, 6.45) is 0. The lowest BCUT2D eigenvalue weighted by atomic mass is 11.6. The van der Waals surface area contributed by atoms with Gasteiger partial charge in [0.2, 0.25) is 0 Å². The van der Waals surface area contributed by atoms with Crippen molar-refractivity contribution in [1.82, 2.24) is 0 Å². The van der Waals surface area contributed by atoms with Gasteiger partial charge in [-0.2, -0.15) is 44.3 Å². The first-order chi connectivity index (χ1) is 7.00. The van der Waals surface area contributed by atoms with E-state index in [0.29, 0.717) is 0 Å². The van der Waals surface area contributed by atoms with Crippen molar-refractivity contribution in [3.05, 3.63) is 0 Å². The molecule has 0 aromatic heterocycles. The predicted molar refractivity (Wildman–Crippen MR) is 96.0 cm³/mol. The standard InChI is InChI=1S/C9H24Cl4Si4/c1-14(2,10)9(15(3,4)11,16(5,6)12)17(7,8)13/h1-8H3. The molecule has 0 radical (unpaired) electrons. The maximum atomic E-state index is 6.90. The van der Waals surface area contributed by atoms with Crippen molar-refractivity contribution in [2.24, 2.45) is 0 Å². The van der Waals surface area contributed by atoms with E-state index in [2.05, 4.69) is 52.4 Å². The van der Waals surface area contributed by atoms with Gasteiger partial charge < -0.3 is 0 Å². The zero-order chi connectivity index (χ0) is 14.5. The summed E-state index contributed by atoms with van der Waals surface area (Å²) in [7, 11) is -8.33. The van der Waals surface area contributed by atoms with Gasteiger partial charge in [-0.05, 0) is 0 Å². The van der Waals surface area contributed by atoms with Gasteiger partial charge in [0.1, 0.15) is 0 Å². The van der Waals surface area contributed by atoms with E-state index in [9.17, 15) is 0 Å². The third-order valence-electron chi connectivity index (χ3n) is 3.57. The Bertz CT molecular complexity index is 218. The first-order valence-corrected chi connectivity index (χ1v) is 21.8. The molecule has 0 saturated heterocycles. The highest BCUT2D eigenvalue weighted by Gasteiger charge is 2.71. The Kier molecular flexibility index (Phi) is 5.70. The fourth-order valence-electron chi connectivity index (χ4n) is 4.24. The van der Waals surface area contributed by atoms with Crippen LogP contribution in [0.2, 0.25) is 56.3 Å². The van der Waals surface area contributed by atoms with Gasteiger partial charge in [0, 0.05) is 3.91 Å². The summed E-state index contributed by atoms with van der Waals surface area (Å²) in [5.74, 6) is 0. The van der Waals surface area contributed by atoms with Gasteiger partial charge >= 0.3 is 0 Å². The minimum Gasteiger partial charge on any atom is -0.168 e. The first-order valence-electron chi connectivity index (χ1n) is 5.76. The Labute approximate surface area is 129 Å². The molecule has 0 fully saturated rings. The number of halogens is 4. The summed E-state index contributed by atoms with van der Waals surface area (Å²) in [6, 6.07) is 0. The minimum absolute atomic E-state index is 0.133. The SMILES string of the molecule is C[Si](C)(Cl)C([Si](C)(C)Cl)([Si](C)(C)Cl)[Si](C)(C)Cl. The average Bonchev–Trinajstić information content (AvgIpc) is 1.67. The molecule has 0 aromatic rings. The molecule has 0 N–H and O–H groups in total. The Morgan fingerprint density at radius 3 is 0.588 bits per heavy atom. The van der Waals surface area contributed by atoms with Crippen LogP contribution in [-0.2, 0) is 0 Å². The quantitative estimate of drug-likeness (QED) is 0.403. The molecule has 0 saturated carbocycles. The van der Waals surface area contributed by atoms with Crippen LogP contribution in [0.4, 0.5) is 0 Å². The van der Waals surface area contributed by atoms with Crippen molar-refractivity contribution in [2.75, 3.05) is 0 Å². The van der Waals surface area contributed by atoms with Gasteiger partial charge in [-0.3, -0.25) is 0 Å². The largest absolute Gasteiger partial charge is 0.168 e.